The van der Waals surface area contributed by atoms with Crippen LogP contribution in [0.25, 0.3) is 0 Å². The van der Waals surface area contributed by atoms with Crippen molar-refractivity contribution in [2.45, 2.75) is 62.0 Å². The van der Waals surface area contributed by atoms with E-state index in [-0.39, 0.29) is 19.0 Å². The van der Waals surface area contributed by atoms with Crippen LogP contribution in [0.3, 0.4) is 0 Å². The highest BCUT2D eigenvalue weighted by Gasteiger charge is 2.63. The average Bonchev–Trinajstić information content (AvgIpc) is 3.28. The second kappa shape index (κ2) is 6.25. The molecule has 9 nitrogen and oxygen atoms in total. The molecule has 10 heteroatoms. The summed E-state index contributed by atoms with van der Waals surface area (Å²) in [5, 5.41) is 0. The molecular formula is C18H28N4O5S. The van der Waals surface area contributed by atoms with Crippen molar-refractivity contribution in [1.29, 1.82) is 0 Å². The van der Waals surface area contributed by atoms with Gasteiger partial charge in [0, 0.05) is 26.2 Å². The molecule has 0 unspecified atom stereocenters. The van der Waals surface area contributed by atoms with Gasteiger partial charge in [0.1, 0.15) is 4.75 Å². The molecule has 1 saturated heterocycles. The summed E-state index contributed by atoms with van der Waals surface area (Å²) in [6.45, 7) is 7.82. The van der Waals surface area contributed by atoms with Crippen molar-refractivity contribution in [1.82, 2.24) is 14.5 Å². The first kappa shape index (κ1) is 19.8. The first-order valence-electron chi connectivity index (χ1n) is 9.57. The summed E-state index contributed by atoms with van der Waals surface area (Å²) in [6, 6.07) is 0. The highest BCUT2D eigenvalue weighted by molar-refractivity contribution is 7.94. The molecule has 0 spiro atoms. The minimum absolute atomic E-state index is 0.138. The Hall–Kier alpha value is -1.49. The average molecular weight is 413 g/mol. The lowest BCUT2D eigenvalue weighted by molar-refractivity contribution is -0.254. The van der Waals surface area contributed by atoms with Crippen molar-refractivity contribution in [2.24, 2.45) is 5.73 Å². The van der Waals surface area contributed by atoms with Crippen LogP contribution in [0.1, 0.15) is 49.9 Å². The van der Waals surface area contributed by atoms with Crippen molar-refractivity contribution in [3.05, 3.63) is 17.7 Å². The monoisotopic (exact) mass is 412 g/mol. The Balaban J connectivity index is 1.50. The number of aromatic nitrogens is 2. The van der Waals surface area contributed by atoms with Gasteiger partial charge >= 0.3 is 0 Å². The number of nitrogens with two attached hydrogens (primary N) is 1. The van der Waals surface area contributed by atoms with E-state index in [1.165, 1.54) is 0 Å². The predicted molar refractivity (Wildman–Crippen MR) is 101 cm³/mol. The number of fused-ring (bicyclic) bond motifs is 1. The molecule has 0 aromatic carbocycles. The van der Waals surface area contributed by atoms with Crippen LogP contribution in [0.5, 0.6) is 0 Å². The third kappa shape index (κ3) is 3.06. The van der Waals surface area contributed by atoms with E-state index in [1.54, 1.807) is 27.0 Å². The number of rotatable bonds is 5. The molecule has 0 bridgehead atoms. The van der Waals surface area contributed by atoms with Gasteiger partial charge in [0.15, 0.2) is 21.4 Å². The minimum Gasteiger partial charge on any atom is -0.363 e. The molecular weight excluding hydrogens is 384 g/mol. The van der Waals surface area contributed by atoms with Gasteiger partial charge in [-0.2, -0.15) is 0 Å². The highest BCUT2D eigenvalue weighted by atomic mass is 32.2. The maximum atomic E-state index is 13.5. The van der Waals surface area contributed by atoms with Gasteiger partial charge in [-0.25, -0.2) is 13.4 Å². The van der Waals surface area contributed by atoms with Gasteiger partial charge in [-0.1, -0.05) is 0 Å². The van der Waals surface area contributed by atoms with Crippen molar-refractivity contribution in [3.8, 4) is 0 Å². The van der Waals surface area contributed by atoms with Crippen LogP contribution in [0.15, 0.2) is 6.20 Å². The Labute approximate surface area is 165 Å². The molecule has 1 aromatic heterocycles. The normalized spacial score (nSPS) is 25.8. The lowest BCUT2D eigenvalue weighted by Gasteiger charge is -2.43. The molecule has 1 amide bonds. The zero-order valence-corrected chi connectivity index (χ0v) is 17.4. The number of hydrogen-bond donors (Lipinski definition) is 1. The smallest absolute Gasteiger partial charge is 0.284 e. The first-order valence-corrected chi connectivity index (χ1v) is 11.1. The fourth-order valence-corrected chi connectivity index (χ4v) is 6.61. The van der Waals surface area contributed by atoms with Crippen molar-refractivity contribution in [2.75, 3.05) is 26.3 Å². The Morgan fingerprint density at radius 3 is 2.43 bits per heavy atom. The van der Waals surface area contributed by atoms with Gasteiger partial charge < -0.3 is 19.8 Å². The van der Waals surface area contributed by atoms with Crippen LogP contribution < -0.4 is 5.73 Å². The third-order valence-corrected chi connectivity index (χ3v) is 9.38. The maximum Gasteiger partial charge on any atom is 0.284 e. The number of ether oxygens (including phenoxy) is 2. The van der Waals surface area contributed by atoms with Crippen LogP contribution >= 0.6 is 0 Å². The summed E-state index contributed by atoms with van der Waals surface area (Å²) in [4.78, 5) is 17.7. The van der Waals surface area contributed by atoms with E-state index in [0.29, 0.717) is 39.0 Å². The Morgan fingerprint density at radius 2 is 1.86 bits per heavy atom. The van der Waals surface area contributed by atoms with E-state index in [4.69, 9.17) is 15.2 Å². The molecule has 1 saturated carbocycles. The van der Waals surface area contributed by atoms with E-state index >= 15 is 0 Å². The highest BCUT2D eigenvalue weighted by Crippen LogP contribution is 2.50. The molecule has 1 aromatic rings. The molecule has 0 radical (unpaired) electrons. The van der Waals surface area contributed by atoms with Crippen LogP contribution in [-0.2, 0) is 32.4 Å². The molecule has 2 aliphatic heterocycles. The largest absolute Gasteiger partial charge is 0.363 e. The standard InChI is InChI=1S/C18H28N4O5S/c1-16(2)26-11-17(3,12-27-16)28(24,25)18(4-5-18)10-21-6-7-22-13(9-21)8-20-15(22)14(19)23/h8H,4-7,9-12H2,1-3H3,(H2,19,23). The number of hydrogen-bond acceptors (Lipinski definition) is 7. The Bertz CT molecular complexity index is 893. The zero-order valence-electron chi connectivity index (χ0n) is 16.6. The van der Waals surface area contributed by atoms with Gasteiger partial charge in [0.05, 0.1) is 29.9 Å². The predicted octanol–water partition coefficient (Wildman–Crippen LogP) is 0.287. The molecule has 28 heavy (non-hydrogen) atoms. The summed E-state index contributed by atoms with van der Waals surface area (Å²) in [7, 11) is -3.47. The van der Waals surface area contributed by atoms with Gasteiger partial charge in [-0.05, 0) is 33.6 Å². The lowest BCUT2D eigenvalue weighted by Crippen LogP contribution is -2.58. The maximum absolute atomic E-state index is 13.5. The van der Waals surface area contributed by atoms with E-state index in [2.05, 4.69) is 9.88 Å². The number of sulfone groups is 1. The molecule has 3 aliphatic rings. The summed E-state index contributed by atoms with van der Waals surface area (Å²) in [6.07, 6.45) is 2.94. The quantitative estimate of drug-likeness (QED) is 0.738. The first-order chi connectivity index (χ1) is 13.0. The molecule has 1 aliphatic carbocycles. The van der Waals surface area contributed by atoms with Gasteiger partial charge in [-0.15, -0.1) is 0 Å². The third-order valence-electron chi connectivity index (χ3n) is 6.17. The second-order valence-electron chi connectivity index (χ2n) is 8.91. The number of amides is 1. The van der Waals surface area contributed by atoms with Gasteiger partial charge in [0.25, 0.3) is 5.91 Å². The van der Waals surface area contributed by atoms with Crippen LogP contribution in [0, 0.1) is 0 Å². The van der Waals surface area contributed by atoms with E-state index < -0.39 is 31.0 Å². The fourth-order valence-electron chi connectivity index (χ4n) is 4.14. The topological polar surface area (TPSA) is 117 Å². The number of primary amides is 1. The molecule has 156 valence electrons. The van der Waals surface area contributed by atoms with Crippen LogP contribution in [-0.4, -0.2) is 70.4 Å². The number of carbonyl (C=O) groups is 1. The SMILES string of the molecule is CC1(C)OCC(C)(S(=O)(=O)C2(CN3CCn4c(cnc4C(N)=O)C3)CC2)CO1. The number of carbonyl (C=O) groups excluding carboxylic acids is 1. The van der Waals surface area contributed by atoms with Crippen molar-refractivity contribution >= 4 is 15.7 Å². The van der Waals surface area contributed by atoms with E-state index in [0.717, 1.165) is 5.69 Å². The molecule has 0 atom stereocenters. The van der Waals surface area contributed by atoms with Gasteiger partial charge in [0.2, 0.25) is 0 Å². The van der Waals surface area contributed by atoms with E-state index in [1.807, 2.05) is 4.57 Å². The number of imidazole rings is 1. The Kier molecular flexibility index (Phi) is 4.42. The molecule has 3 heterocycles. The molecule has 2 N–H and O–H groups in total. The minimum atomic E-state index is -3.47. The van der Waals surface area contributed by atoms with Crippen molar-refractivity contribution in [3.63, 3.8) is 0 Å². The zero-order chi connectivity index (χ0) is 20.4. The van der Waals surface area contributed by atoms with E-state index in [9.17, 15) is 13.2 Å². The molecule has 4 rings (SSSR count). The van der Waals surface area contributed by atoms with Crippen LogP contribution in [0.2, 0.25) is 0 Å². The lowest BCUT2D eigenvalue weighted by atomic mass is 10.1. The summed E-state index contributed by atoms with van der Waals surface area (Å²) < 4.78 is 38.5. The summed E-state index contributed by atoms with van der Waals surface area (Å²) >= 11 is 0. The second-order valence-corrected chi connectivity index (χ2v) is 11.8. The fraction of sp³-hybridized carbons (Fsp3) is 0.778. The van der Waals surface area contributed by atoms with Crippen molar-refractivity contribution < 1.29 is 22.7 Å². The summed E-state index contributed by atoms with van der Waals surface area (Å²) in [5.41, 5.74) is 6.24. The van der Waals surface area contributed by atoms with Gasteiger partial charge in [-0.3, -0.25) is 9.69 Å². The van der Waals surface area contributed by atoms with Crippen LogP contribution in [0.4, 0.5) is 0 Å². The molecule has 2 fully saturated rings. The Morgan fingerprint density at radius 1 is 1.21 bits per heavy atom. The number of nitrogens with zero attached hydrogens (tertiary/aromatic N) is 3. The summed E-state index contributed by atoms with van der Waals surface area (Å²) in [5.74, 6) is -1.04.